The highest BCUT2D eigenvalue weighted by molar-refractivity contribution is 7.80. The molecule has 12 heavy (non-hydrogen) atoms. The second kappa shape index (κ2) is 4.53. The third-order valence-corrected chi connectivity index (χ3v) is 2.18. The Morgan fingerprint density at radius 3 is 2.75 bits per heavy atom. The summed E-state index contributed by atoms with van der Waals surface area (Å²) < 4.78 is 5.31. The Labute approximate surface area is 79.2 Å². The van der Waals surface area contributed by atoms with Gasteiger partial charge in [0.25, 0.3) is 0 Å². The van der Waals surface area contributed by atoms with Gasteiger partial charge in [-0.05, 0) is 24.1 Å². The van der Waals surface area contributed by atoms with Gasteiger partial charge in [-0.2, -0.15) is 0 Å². The van der Waals surface area contributed by atoms with Crippen molar-refractivity contribution in [1.29, 1.82) is 0 Å². The van der Waals surface area contributed by atoms with E-state index in [4.69, 9.17) is 4.74 Å². The molecule has 1 rings (SSSR count). The summed E-state index contributed by atoms with van der Waals surface area (Å²) in [7, 11) is 1.74. The molecule has 0 aliphatic carbocycles. The molecule has 0 N–H and O–H groups in total. The van der Waals surface area contributed by atoms with Crippen LogP contribution in [0.1, 0.15) is 25.0 Å². The van der Waals surface area contributed by atoms with E-state index >= 15 is 0 Å². The molecule has 0 heterocycles. The molecule has 0 saturated heterocycles. The van der Waals surface area contributed by atoms with Crippen molar-refractivity contribution in [1.82, 2.24) is 0 Å². The van der Waals surface area contributed by atoms with Gasteiger partial charge in [0.2, 0.25) is 0 Å². The van der Waals surface area contributed by atoms with Crippen LogP contribution in [0.2, 0.25) is 0 Å². The van der Waals surface area contributed by atoms with Crippen molar-refractivity contribution in [3.05, 3.63) is 29.8 Å². The monoisotopic (exact) mass is 182 g/mol. The lowest BCUT2D eigenvalue weighted by molar-refractivity contribution is 0.0999. The van der Waals surface area contributed by atoms with Gasteiger partial charge in [0.15, 0.2) is 0 Å². The molecule has 1 atom stereocenters. The third-order valence-electron chi connectivity index (χ3n) is 1.90. The SMILES string of the molecule is CC[C@H](OC)c1cccc(S)c1. The average molecular weight is 182 g/mol. The molecule has 1 aromatic rings. The molecule has 0 unspecified atom stereocenters. The first-order chi connectivity index (χ1) is 5.77. The van der Waals surface area contributed by atoms with E-state index in [9.17, 15) is 0 Å². The summed E-state index contributed by atoms with van der Waals surface area (Å²) in [6, 6.07) is 8.08. The molecule has 0 amide bonds. The Morgan fingerprint density at radius 1 is 1.50 bits per heavy atom. The van der Waals surface area contributed by atoms with Crippen LogP contribution in [0, 0.1) is 0 Å². The number of benzene rings is 1. The van der Waals surface area contributed by atoms with E-state index in [0.717, 1.165) is 11.3 Å². The summed E-state index contributed by atoms with van der Waals surface area (Å²) >= 11 is 4.27. The largest absolute Gasteiger partial charge is 0.377 e. The van der Waals surface area contributed by atoms with Crippen molar-refractivity contribution >= 4 is 12.6 Å². The normalized spacial score (nSPS) is 12.9. The van der Waals surface area contributed by atoms with E-state index in [1.54, 1.807) is 7.11 Å². The number of rotatable bonds is 3. The van der Waals surface area contributed by atoms with Crippen LogP contribution in [-0.4, -0.2) is 7.11 Å². The molecule has 1 aromatic carbocycles. The van der Waals surface area contributed by atoms with Gasteiger partial charge in [-0.15, -0.1) is 12.6 Å². The molecule has 0 aliphatic heterocycles. The Kier molecular flexibility index (Phi) is 3.63. The number of methoxy groups -OCH3 is 1. The Hall–Kier alpha value is -0.470. The maximum absolute atomic E-state index is 5.31. The predicted octanol–water partition coefficient (Wildman–Crippen LogP) is 3.07. The lowest BCUT2D eigenvalue weighted by Gasteiger charge is -2.13. The molecule has 0 spiro atoms. The summed E-state index contributed by atoms with van der Waals surface area (Å²) in [6.07, 6.45) is 1.20. The van der Waals surface area contributed by atoms with Gasteiger partial charge in [-0.25, -0.2) is 0 Å². The summed E-state index contributed by atoms with van der Waals surface area (Å²) in [6.45, 7) is 2.11. The maximum Gasteiger partial charge on any atom is 0.0818 e. The third kappa shape index (κ3) is 2.26. The highest BCUT2D eigenvalue weighted by atomic mass is 32.1. The van der Waals surface area contributed by atoms with Crippen LogP contribution in [0.4, 0.5) is 0 Å². The van der Waals surface area contributed by atoms with Crippen LogP contribution < -0.4 is 0 Å². The van der Waals surface area contributed by atoms with Gasteiger partial charge in [0.05, 0.1) is 6.10 Å². The number of hydrogen-bond acceptors (Lipinski definition) is 2. The van der Waals surface area contributed by atoms with Crippen LogP contribution in [0.25, 0.3) is 0 Å². The molecule has 1 nitrogen and oxygen atoms in total. The Bertz CT molecular complexity index is 243. The smallest absolute Gasteiger partial charge is 0.0818 e. The van der Waals surface area contributed by atoms with E-state index < -0.39 is 0 Å². The molecular weight excluding hydrogens is 168 g/mol. The van der Waals surface area contributed by atoms with Crippen molar-refractivity contribution in [3.8, 4) is 0 Å². The van der Waals surface area contributed by atoms with Gasteiger partial charge in [0, 0.05) is 12.0 Å². The van der Waals surface area contributed by atoms with Gasteiger partial charge >= 0.3 is 0 Å². The van der Waals surface area contributed by atoms with E-state index in [2.05, 4.69) is 25.6 Å². The molecule has 0 saturated carbocycles. The number of thiol groups is 1. The van der Waals surface area contributed by atoms with E-state index in [1.807, 2.05) is 18.2 Å². The molecule has 0 bridgehead atoms. The first-order valence-corrected chi connectivity index (χ1v) is 4.54. The molecule has 66 valence electrons. The minimum absolute atomic E-state index is 0.206. The summed E-state index contributed by atoms with van der Waals surface area (Å²) in [5.41, 5.74) is 1.20. The lowest BCUT2D eigenvalue weighted by Crippen LogP contribution is -1.98. The van der Waals surface area contributed by atoms with Crippen LogP contribution in [0.15, 0.2) is 29.2 Å². The average Bonchev–Trinajstić information content (AvgIpc) is 2.07. The fourth-order valence-electron chi connectivity index (χ4n) is 1.26. The lowest BCUT2D eigenvalue weighted by atomic mass is 10.1. The fourth-order valence-corrected chi connectivity index (χ4v) is 1.50. The van der Waals surface area contributed by atoms with Gasteiger partial charge in [0.1, 0.15) is 0 Å². The quantitative estimate of drug-likeness (QED) is 0.707. The maximum atomic E-state index is 5.31. The highest BCUT2D eigenvalue weighted by Gasteiger charge is 2.06. The molecule has 2 heteroatoms. The van der Waals surface area contributed by atoms with Crippen molar-refractivity contribution in [2.24, 2.45) is 0 Å². The van der Waals surface area contributed by atoms with Gasteiger partial charge < -0.3 is 4.74 Å². The van der Waals surface area contributed by atoms with Crippen LogP contribution in [0.5, 0.6) is 0 Å². The number of ether oxygens (including phenoxy) is 1. The minimum Gasteiger partial charge on any atom is -0.377 e. The second-order valence-electron chi connectivity index (χ2n) is 2.73. The zero-order valence-electron chi connectivity index (χ0n) is 7.45. The van der Waals surface area contributed by atoms with Gasteiger partial charge in [-0.1, -0.05) is 19.1 Å². The topological polar surface area (TPSA) is 9.23 Å². The van der Waals surface area contributed by atoms with Crippen LogP contribution in [-0.2, 0) is 4.74 Å². The number of hydrogen-bond donors (Lipinski definition) is 1. The summed E-state index contributed by atoms with van der Waals surface area (Å²) in [4.78, 5) is 0.989. The molecule has 0 fully saturated rings. The van der Waals surface area contributed by atoms with E-state index in [1.165, 1.54) is 5.56 Å². The zero-order valence-corrected chi connectivity index (χ0v) is 8.34. The van der Waals surface area contributed by atoms with Crippen LogP contribution >= 0.6 is 12.6 Å². The zero-order chi connectivity index (χ0) is 8.97. The molecule has 0 radical (unpaired) electrons. The summed E-state index contributed by atoms with van der Waals surface area (Å²) in [5, 5.41) is 0. The molecular formula is C10H14OS. The van der Waals surface area contributed by atoms with Crippen LogP contribution in [0.3, 0.4) is 0 Å². The van der Waals surface area contributed by atoms with Gasteiger partial charge in [-0.3, -0.25) is 0 Å². The van der Waals surface area contributed by atoms with E-state index in [-0.39, 0.29) is 6.10 Å². The first kappa shape index (κ1) is 9.62. The molecule has 0 aliphatic rings. The molecule has 0 aromatic heterocycles. The highest BCUT2D eigenvalue weighted by Crippen LogP contribution is 2.21. The summed E-state index contributed by atoms with van der Waals surface area (Å²) in [5.74, 6) is 0. The Balaban J connectivity index is 2.85. The predicted molar refractivity (Wildman–Crippen MR) is 53.7 cm³/mol. The Morgan fingerprint density at radius 2 is 2.25 bits per heavy atom. The standard InChI is InChI=1S/C10H14OS/c1-3-10(11-2)8-5-4-6-9(12)7-8/h4-7,10,12H,3H2,1-2H3/t10-/m0/s1. The first-order valence-electron chi connectivity index (χ1n) is 4.09. The van der Waals surface area contributed by atoms with Crippen molar-refractivity contribution in [2.75, 3.05) is 7.11 Å². The second-order valence-corrected chi connectivity index (χ2v) is 3.24. The van der Waals surface area contributed by atoms with Crippen molar-refractivity contribution in [3.63, 3.8) is 0 Å². The fraction of sp³-hybridized carbons (Fsp3) is 0.400. The van der Waals surface area contributed by atoms with Crippen molar-refractivity contribution < 1.29 is 4.74 Å². The minimum atomic E-state index is 0.206. The van der Waals surface area contributed by atoms with E-state index in [0.29, 0.717) is 0 Å². The van der Waals surface area contributed by atoms with Crippen molar-refractivity contribution in [2.45, 2.75) is 24.3 Å².